The van der Waals surface area contributed by atoms with E-state index in [2.05, 4.69) is 16.7 Å². The molecule has 3 heterocycles. The Balaban J connectivity index is 1.58. The third kappa shape index (κ3) is 2.74. The van der Waals surface area contributed by atoms with Gasteiger partial charge in [0.25, 0.3) is 5.91 Å². The Morgan fingerprint density at radius 2 is 2.06 bits per heavy atom. The number of nitriles is 1. The highest BCUT2D eigenvalue weighted by molar-refractivity contribution is 6.32. The van der Waals surface area contributed by atoms with Crippen LogP contribution in [0.5, 0.6) is 0 Å². The van der Waals surface area contributed by atoms with Crippen LogP contribution in [-0.2, 0) is 11.3 Å². The van der Waals surface area contributed by atoms with Crippen molar-refractivity contribution < 1.29 is 9.90 Å². The van der Waals surface area contributed by atoms with Crippen LogP contribution in [0.3, 0.4) is 0 Å². The van der Waals surface area contributed by atoms with Crippen molar-refractivity contribution in [2.45, 2.75) is 31.3 Å². The molecule has 0 unspecified atom stereocenters. The number of amides is 1. The molecule has 1 aromatic carbocycles. The Hall–Kier alpha value is -3.41. The Morgan fingerprint density at radius 1 is 1.26 bits per heavy atom. The molecule has 1 saturated heterocycles. The lowest BCUT2D eigenvalue weighted by molar-refractivity contribution is -0.123. The molecule has 1 saturated carbocycles. The average Bonchev–Trinajstić information content (AvgIpc) is 3.23. The summed E-state index contributed by atoms with van der Waals surface area (Å²) in [5.41, 5.74) is 1.68. The van der Waals surface area contributed by atoms with Crippen LogP contribution in [0.4, 0.5) is 11.4 Å². The van der Waals surface area contributed by atoms with Crippen LogP contribution in [-0.4, -0.2) is 37.9 Å². The van der Waals surface area contributed by atoms with Crippen molar-refractivity contribution in [3.05, 3.63) is 59.8 Å². The van der Waals surface area contributed by atoms with Crippen molar-refractivity contribution in [3.8, 4) is 6.07 Å². The van der Waals surface area contributed by atoms with Crippen LogP contribution >= 0.6 is 11.6 Å². The largest absolute Gasteiger partial charge is 0.394 e. The Morgan fingerprint density at radius 3 is 2.71 bits per heavy atom. The van der Waals surface area contributed by atoms with E-state index in [0.29, 0.717) is 18.1 Å². The van der Waals surface area contributed by atoms with Gasteiger partial charge >= 0.3 is 0 Å². The van der Waals surface area contributed by atoms with Gasteiger partial charge in [0.15, 0.2) is 5.69 Å². The van der Waals surface area contributed by atoms with E-state index >= 15 is 0 Å². The highest BCUT2D eigenvalue weighted by Crippen LogP contribution is 2.50. The second-order valence-electron chi connectivity index (χ2n) is 7.75. The molecule has 5 rings (SSSR count). The fourth-order valence-corrected chi connectivity index (χ4v) is 4.70. The van der Waals surface area contributed by atoms with Crippen molar-refractivity contribution in [2.24, 2.45) is 0 Å². The number of anilines is 2. The predicted octanol–water partition coefficient (Wildman–Crippen LogP) is 3.20. The summed E-state index contributed by atoms with van der Waals surface area (Å²) in [5, 5.41) is 23.8. The number of hydrogen-bond donors (Lipinski definition) is 1. The molecule has 0 radical (unpaired) electrons. The number of hydrogen-bond acceptors (Lipinski definition) is 6. The van der Waals surface area contributed by atoms with Crippen molar-refractivity contribution in [3.63, 3.8) is 0 Å². The first kappa shape index (κ1) is 19.5. The molecule has 1 aliphatic heterocycles. The van der Waals surface area contributed by atoms with Gasteiger partial charge in [0.1, 0.15) is 17.4 Å². The number of aliphatic hydroxyl groups is 1. The van der Waals surface area contributed by atoms with Crippen LogP contribution in [0.1, 0.15) is 25.0 Å². The number of aliphatic hydroxyl groups excluding tert-OH is 1. The zero-order chi connectivity index (χ0) is 21.8. The van der Waals surface area contributed by atoms with Gasteiger partial charge in [-0.15, -0.1) is 0 Å². The van der Waals surface area contributed by atoms with Gasteiger partial charge in [0.2, 0.25) is 0 Å². The van der Waals surface area contributed by atoms with Crippen molar-refractivity contribution in [2.75, 3.05) is 16.4 Å². The van der Waals surface area contributed by atoms with E-state index in [1.54, 1.807) is 21.8 Å². The van der Waals surface area contributed by atoms with Crippen LogP contribution in [0.15, 0.2) is 49.1 Å². The van der Waals surface area contributed by atoms with Crippen molar-refractivity contribution >= 4 is 39.8 Å². The number of fused-ring (bicyclic) bond motifs is 1. The summed E-state index contributed by atoms with van der Waals surface area (Å²) >= 11 is 6.18. The zero-order valence-corrected chi connectivity index (χ0v) is 17.4. The molecule has 0 atom stereocenters. The molecule has 1 amide bonds. The predicted molar refractivity (Wildman–Crippen MR) is 116 cm³/mol. The summed E-state index contributed by atoms with van der Waals surface area (Å²) < 4.78 is 1.75. The van der Waals surface area contributed by atoms with Crippen LogP contribution in [0.2, 0.25) is 5.02 Å². The van der Waals surface area contributed by atoms with E-state index in [1.165, 1.54) is 6.20 Å². The highest BCUT2D eigenvalue weighted by Gasteiger charge is 2.58. The first-order valence-corrected chi connectivity index (χ1v) is 10.3. The summed E-state index contributed by atoms with van der Waals surface area (Å²) in [6.07, 6.45) is 5.63. The smallest absolute Gasteiger partial charge is 0.259 e. The molecule has 2 fully saturated rings. The quantitative estimate of drug-likeness (QED) is 0.677. The van der Waals surface area contributed by atoms with E-state index in [4.69, 9.17) is 16.9 Å². The third-order valence-corrected chi connectivity index (χ3v) is 6.40. The molecule has 3 aromatic rings. The Kier molecular flexibility index (Phi) is 4.46. The molecule has 1 N–H and O–H groups in total. The van der Waals surface area contributed by atoms with E-state index in [-0.39, 0.29) is 23.2 Å². The van der Waals surface area contributed by atoms with E-state index in [1.807, 2.05) is 29.2 Å². The van der Waals surface area contributed by atoms with Gasteiger partial charge in [-0.1, -0.05) is 18.2 Å². The molecule has 1 aliphatic carbocycles. The fraction of sp³-hybridized carbons (Fsp3) is 0.273. The van der Waals surface area contributed by atoms with Gasteiger partial charge in [-0.3, -0.25) is 14.4 Å². The maximum Gasteiger partial charge on any atom is 0.259 e. The van der Waals surface area contributed by atoms with Crippen molar-refractivity contribution in [1.29, 1.82) is 5.26 Å². The minimum Gasteiger partial charge on any atom is -0.394 e. The number of pyridine rings is 1. The monoisotopic (exact) mass is 434 g/mol. The summed E-state index contributed by atoms with van der Waals surface area (Å²) in [4.78, 5) is 21.2. The molecular formula is C22H19ClN6O2. The number of rotatable bonds is 4. The second kappa shape index (κ2) is 7.08. The standard InChI is InChI=1S/C22H19ClN6O2/c1-14-28(17-10-18(23)19(11-24)25-13-17)21(31)22(5-2-6-22)29(14)16-3-4-20-15(9-16)12-26-27(20)7-8-30/h3-4,9-10,12-13,30H,1-2,5-8H2. The number of carbonyl (C=O) groups is 1. The Labute approximate surface area is 183 Å². The van der Waals surface area contributed by atoms with E-state index in [9.17, 15) is 9.90 Å². The topological polar surface area (TPSA) is 98.3 Å². The minimum atomic E-state index is -0.688. The average molecular weight is 435 g/mol. The highest BCUT2D eigenvalue weighted by atomic mass is 35.5. The van der Waals surface area contributed by atoms with Crippen LogP contribution in [0.25, 0.3) is 10.9 Å². The normalized spacial score (nSPS) is 17.5. The first-order valence-electron chi connectivity index (χ1n) is 9.96. The van der Waals surface area contributed by atoms with E-state index in [0.717, 1.165) is 35.9 Å². The van der Waals surface area contributed by atoms with Gasteiger partial charge in [0.05, 0.1) is 41.8 Å². The lowest BCUT2D eigenvalue weighted by atomic mass is 9.75. The maximum atomic E-state index is 13.6. The van der Waals surface area contributed by atoms with Gasteiger partial charge in [-0.25, -0.2) is 4.98 Å². The molecule has 8 nitrogen and oxygen atoms in total. The molecule has 2 aliphatic rings. The van der Waals surface area contributed by atoms with Gasteiger partial charge in [0, 0.05) is 11.1 Å². The summed E-state index contributed by atoms with van der Waals surface area (Å²) in [6.45, 7) is 4.65. The lowest BCUT2D eigenvalue weighted by Gasteiger charge is -2.43. The molecule has 31 heavy (non-hydrogen) atoms. The first-order chi connectivity index (χ1) is 15.0. The zero-order valence-electron chi connectivity index (χ0n) is 16.6. The van der Waals surface area contributed by atoms with Gasteiger partial charge in [-0.2, -0.15) is 10.4 Å². The molecule has 9 heteroatoms. The van der Waals surface area contributed by atoms with Crippen LogP contribution < -0.4 is 9.80 Å². The number of carbonyl (C=O) groups excluding carboxylic acids is 1. The molecule has 156 valence electrons. The Bertz CT molecular complexity index is 1270. The van der Waals surface area contributed by atoms with Gasteiger partial charge in [-0.05, 0) is 43.5 Å². The lowest BCUT2D eigenvalue weighted by Crippen LogP contribution is -2.54. The summed E-state index contributed by atoms with van der Waals surface area (Å²) in [5.74, 6) is 0.455. The summed E-state index contributed by atoms with van der Waals surface area (Å²) in [7, 11) is 0. The number of halogens is 1. The van der Waals surface area contributed by atoms with Gasteiger partial charge < -0.3 is 10.0 Å². The molecular weight excluding hydrogens is 416 g/mol. The maximum absolute atomic E-state index is 13.6. The second-order valence-corrected chi connectivity index (χ2v) is 8.15. The van der Waals surface area contributed by atoms with E-state index < -0.39 is 5.54 Å². The summed E-state index contributed by atoms with van der Waals surface area (Å²) in [6, 6.07) is 9.39. The number of aromatic nitrogens is 3. The molecule has 1 spiro atoms. The third-order valence-electron chi connectivity index (χ3n) is 6.11. The SMILES string of the molecule is C=C1N(c2cnc(C#N)c(Cl)c2)C(=O)C2(CCC2)N1c1ccc2c(cnn2CCO)c1. The number of nitrogens with zero attached hydrogens (tertiary/aromatic N) is 6. The van der Waals surface area contributed by atoms with Crippen LogP contribution in [0, 0.1) is 11.3 Å². The fourth-order valence-electron chi connectivity index (χ4n) is 4.50. The minimum absolute atomic E-state index is 0.00915. The number of benzene rings is 1. The molecule has 0 bridgehead atoms. The van der Waals surface area contributed by atoms with Crippen molar-refractivity contribution in [1.82, 2.24) is 14.8 Å². The molecule has 2 aromatic heterocycles.